The Morgan fingerprint density at radius 1 is 1.16 bits per heavy atom. The first-order valence-corrected chi connectivity index (χ1v) is 10.1. The smallest absolute Gasteiger partial charge is 0.223 e. The number of hydrogen-bond donors (Lipinski definition) is 0. The van der Waals surface area contributed by atoms with Gasteiger partial charge in [-0.2, -0.15) is 0 Å². The lowest BCUT2D eigenvalue weighted by molar-refractivity contribution is -0.131. The highest BCUT2D eigenvalue weighted by Crippen LogP contribution is 2.37. The van der Waals surface area contributed by atoms with Crippen LogP contribution >= 0.6 is 23.4 Å². The molecule has 0 N–H and O–H groups in total. The van der Waals surface area contributed by atoms with Crippen molar-refractivity contribution in [2.75, 3.05) is 12.8 Å². The minimum absolute atomic E-state index is 0.131. The zero-order valence-corrected chi connectivity index (χ0v) is 16.7. The van der Waals surface area contributed by atoms with E-state index >= 15 is 0 Å². The fourth-order valence-corrected chi connectivity index (χ4v) is 4.07. The van der Waals surface area contributed by atoms with Crippen molar-refractivity contribution in [2.45, 2.75) is 43.5 Å². The predicted molar refractivity (Wildman–Crippen MR) is 107 cm³/mol. The zero-order chi connectivity index (χ0) is 18.2. The lowest BCUT2D eigenvalue weighted by Gasteiger charge is -2.32. The highest BCUT2D eigenvalue weighted by Gasteiger charge is 2.36. The first-order chi connectivity index (χ1) is 11.8. The van der Waals surface area contributed by atoms with Crippen LogP contribution in [0.4, 0.5) is 0 Å². The van der Waals surface area contributed by atoms with Gasteiger partial charge < -0.3 is 4.90 Å². The summed E-state index contributed by atoms with van der Waals surface area (Å²) in [6.45, 7) is 7.05. The Morgan fingerprint density at radius 3 is 2.56 bits per heavy atom. The van der Waals surface area contributed by atoms with E-state index in [2.05, 4.69) is 63.4 Å². The minimum Gasteiger partial charge on any atom is -0.337 e. The van der Waals surface area contributed by atoms with Crippen molar-refractivity contribution in [3.8, 4) is 11.1 Å². The lowest BCUT2D eigenvalue weighted by Crippen LogP contribution is -2.42. The van der Waals surface area contributed by atoms with Gasteiger partial charge in [0.15, 0.2) is 0 Å². The Morgan fingerprint density at radius 2 is 1.92 bits per heavy atom. The number of benzene rings is 2. The largest absolute Gasteiger partial charge is 0.337 e. The van der Waals surface area contributed by atoms with E-state index in [1.165, 1.54) is 10.5 Å². The van der Waals surface area contributed by atoms with E-state index in [0.29, 0.717) is 6.42 Å². The molecule has 2 aromatic rings. The van der Waals surface area contributed by atoms with Crippen LogP contribution in [0, 0.1) is 0 Å². The third-order valence-electron chi connectivity index (χ3n) is 4.78. The molecule has 132 valence electrons. The van der Waals surface area contributed by atoms with Gasteiger partial charge in [-0.15, -0.1) is 11.8 Å². The van der Waals surface area contributed by atoms with Gasteiger partial charge in [-0.1, -0.05) is 29.8 Å². The molecule has 3 rings (SSSR count). The Kier molecular flexibility index (Phi) is 5.17. The molecule has 0 radical (unpaired) electrons. The van der Waals surface area contributed by atoms with Crippen LogP contribution in [0.3, 0.4) is 0 Å². The summed E-state index contributed by atoms with van der Waals surface area (Å²) in [6.07, 6.45) is 2.64. The van der Waals surface area contributed by atoms with E-state index < -0.39 is 0 Å². The van der Waals surface area contributed by atoms with Crippen LogP contribution in [0.2, 0.25) is 5.02 Å². The quantitative estimate of drug-likeness (QED) is 0.629. The summed E-state index contributed by atoms with van der Waals surface area (Å²) < 4.78 is 0. The summed E-state index contributed by atoms with van der Waals surface area (Å²) in [7, 11) is 0. The van der Waals surface area contributed by atoms with Gasteiger partial charge in [0, 0.05) is 39.9 Å². The normalized spacial score (nSPS) is 18.0. The summed E-state index contributed by atoms with van der Waals surface area (Å²) in [4.78, 5) is 15.6. The van der Waals surface area contributed by atoms with Crippen molar-refractivity contribution in [1.82, 2.24) is 4.90 Å². The maximum Gasteiger partial charge on any atom is 0.223 e. The van der Waals surface area contributed by atoms with Crippen molar-refractivity contribution in [3.63, 3.8) is 0 Å². The average molecular weight is 374 g/mol. The molecule has 4 heteroatoms. The number of rotatable bonds is 3. The standard InChI is InChI=1S/C21H24ClNOS/c1-21(2,3)23-13-16(12-20(23)24)14-8-9-19(22)18(11-14)15-6-5-7-17(10-15)25-4/h5-11,16H,12-13H2,1-4H3. The third kappa shape index (κ3) is 3.88. The molecule has 1 aliphatic rings. The monoisotopic (exact) mass is 373 g/mol. The molecule has 1 unspecified atom stereocenters. The van der Waals surface area contributed by atoms with Gasteiger partial charge >= 0.3 is 0 Å². The van der Waals surface area contributed by atoms with Crippen molar-refractivity contribution in [1.29, 1.82) is 0 Å². The molecule has 0 aromatic heterocycles. The molecule has 1 heterocycles. The Balaban J connectivity index is 1.94. The molecule has 2 aromatic carbocycles. The van der Waals surface area contributed by atoms with Crippen molar-refractivity contribution < 1.29 is 4.79 Å². The molecule has 0 spiro atoms. The van der Waals surface area contributed by atoms with Crippen LogP contribution in [0.25, 0.3) is 11.1 Å². The molecule has 0 saturated carbocycles. The van der Waals surface area contributed by atoms with E-state index in [1.54, 1.807) is 11.8 Å². The molecule has 1 atom stereocenters. The SMILES string of the molecule is CSc1cccc(-c2cc(C3CC(=O)N(C(C)(C)C)C3)ccc2Cl)c1. The summed E-state index contributed by atoms with van der Waals surface area (Å²) in [5.74, 6) is 0.463. The van der Waals surface area contributed by atoms with Gasteiger partial charge in [-0.05, 0) is 62.4 Å². The number of likely N-dealkylation sites (tertiary alicyclic amines) is 1. The molecule has 1 amide bonds. The molecule has 1 saturated heterocycles. The van der Waals surface area contributed by atoms with Crippen LogP contribution in [-0.2, 0) is 4.79 Å². The van der Waals surface area contributed by atoms with Gasteiger partial charge in [-0.25, -0.2) is 0 Å². The molecule has 1 aliphatic heterocycles. The number of halogens is 1. The highest BCUT2D eigenvalue weighted by molar-refractivity contribution is 7.98. The van der Waals surface area contributed by atoms with Crippen molar-refractivity contribution in [3.05, 3.63) is 53.1 Å². The van der Waals surface area contributed by atoms with Gasteiger partial charge in [0.1, 0.15) is 0 Å². The molecule has 2 nitrogen and oxygen atoms in total. The number of carbonyl (C=O) groups excluding carboxylic acids is 1. The van der Waals surface area contributed by atoms with Gasteiger partial charge in [0.25, 0.3) is 0 Å². The Bertz CT molecular complexity index is 797. The van der Waals surface area contributed by atoms with Crippen molar-refractivity contribution >= 4 is 29.3 Å². The fourth-order valence-electron chi connectivity index (χ4n) is 3.39. The topological polar surface area (TPSA) is 20.3 Å². The van der Waals surface area contributed by atoms with Crippen LogP contribution in [-0.4, -0.2) is 29.1 Å². The number of thioether (sulfide) groups is 1. The number of amides is 1. The molecule has 0 aliphatic carbocycles. The zero-order valence-electron chi connectivity index (χ0n) is 15.2. The minimum atomic E-state index is -0.131. The maximum absolute atomic E-state index is 12.4. The van der Waals surface area contributed by atoms with E-state index in [4.69, 9.17) is 11.6 Å². The Hall–Kier alpha value is -1.45. The summed E-state index contributed by atoms with van der Waals surface area (Å²) in [5.41, 5.74) is 3.22. The number of carbonyl (C=O) groups is 1. The van der Waals surface area contributed by atoms with Crippen LogP contribution < -0.4 is 0 Å². The van der Waals surface area contributed by atoms with Gasteiger partial charge in [-0.3, -0.25) is 4.79 Å². The number of hydrogen-bond acceptors (Lipinski definition) is 2. The molecular formula is C21H24ClNOS. The summed E-state index contributed by atoms with van der Waals surface area (Å²) in [5, 5.41) is 0.749. The van der Waals surface area contributed by atoms with Gasteiger partial charge in [0.05, 0.1) is 0 Å². The first-order valence-electron chi connectivity index (χ1n) is 8.54. The second kappa shape index (κ2) is 7.05. The maximum atomic E-state index is 12.4. The van der Waals surface area contributed by atoms with E-state index in [-0.39, 0.29) is 17.4 Å². The second-order valence-corrected chi connectivity index (χ2v) is 8.83. The first kappa shape index (κ1) is 18.3. The highest BCUT2D eigenvalue weighted by atomic mass is 35.5. The molecule has 0 bridgehead atoms. The third-order valence-corrected chi connectivity index (χ3v) is 5.83. The van der Waals surface area contributed by atoms with Crippen LogP contribution in [0.15, 0.2) is 47.4 Å². The van der Waals surface area contributed by atoms with E-state index in [0.717, 1.165) is 22.7 Å². The predicted octanol–water partition coefficient (Wildman–Crippen LogP) is 5.84. The molecule has 1 fully saturated rings. The Labute approximate surface area is 159 Å². The second-order valence-electron chi connectivity index (χ2n) is 7.55. The van der Waals surface area contributed by atoms with Crippen LogP contribution in [0.5, 0.6) is 0 Å². The van der Waals surface area contributed by atoms with E-state index in [9.17, 15) is 4.79 Å². The number of nitrogens with zero attached hydrogens (tertiary/aromatic N) is 1. The fraction of sp³-hybridized carbons (Fsp3) is 0.381. The molecular weight excluding hydrogens is 350 g/mol. The summed E-state index contributed by atoms with van der Waals surface area (Å²) in [6, 6.07) is 14.6. The lowest BCUT2D eigenvalue weighted by atomic mass is 9.94. The van der Waals surface area contributed by atoms with Gasteiger partial charge in [0.2, 0.25) is 5.91 Å². The van der Waals surface area contributed by atoms with E-state index in [1.807, 2.05) is 11.0 Å². The average Bonchev–Trinajstić information content (AvgIpc) is 2.97. The van der Waals surface area contributed by atoms with Crippen molar-refractivity contribution in [2.24, 2.45) is 0 Å². The molecule has 25 heavy (non-hydrogen) atoms. The summed E-state index contributed by atoms with van der Waals surface area (Å²) >= 11 is 8.20. The van der Waals surface area contributed by atoms with Crippen LogP contribution in [0.1, 0.15) is 38.7 Å².